The van der Waals surface area contributed by atoms with Gasteiger partial charge in [-0.2, -0.15) is 0 Å². The van der Waals surface area contributed by atoms with Crippen molar-refractivity contribution in [2.75, 3.05) is 18.4 Å². The first-order chi connectivity index (χ1) is 12.0. The number of nitrogens with zero attached hydrogens (tertiary/aromatic N) is 1. The molecule has 2 fully saturated rings. The van der Waals surface area contributed by atoms with Gasteiger partial charge in [-0.1, -0.05) is 23.2 Å². The maximum absolute atomic E-state index is 12.7. The molecule has 2 heterocycles. The largest absolute Gasteiger partial charge is 0.364 e. The molecular formula is C17H21Cl2N3O3. The van der Waals surface area contributed by atoms with Gasteiger partial charge in [-0.25, -0.2) is 0 Å². The fraction of sp³-hybridized carbons (Fsp3) is 0.529. The van der Waals surface area contributed by atoms with E-state index in [0.29, 0.717) is 41.7 Å². The summed E-state index contributed by atoms with van der Waals surface area (Å²) in [5.74, 6) is -0.365. The number of carbonyl (C=O) groups is 2. The minimum Gasteiger partial charge on any atom is -0.364 e. The standard InChI is InChI=1S/C17H21Cl2N3O3/c18-10-6-11(19)8-12(7-10)21-16(23)14-2-1-5-22(14)17(24)15-4-3-13(9-20)25-15/h6-8,13-15H,1-5,9,20H2,(H,21,23)/t13-,14?,15+/m1/s1. The molecule has 2 aliphatic heterocycles. The Balaban J connectivity index is 1.66. The summed E-state index contributed by atoms with van der Waals surface area (Å²) in [6.45, 7) is 0.962. The molecule has 8 heteroatoms. The van der Waals surface area contributed by atoms with E-state index in [1.165, 1.54) is 0 Å². The lowest BCUT2D eigenvalue weighted by atomic mass is 10.1. The van der Waals surface area contributed by atoms with E-state index in [9.17, 15) is 9.59 Å². The van der Waals surface area contributed by atoms with Crippen LogP contribution >= 0.6 is 23.2 Å². The predicted molar refractivity (Wildman–Crippen MR) is 96.8 cm³/mol. The number of hydrogen-bond acceptors (Lipinski definition) is 4. The third kappa shape index (κ3) is 4.26. The Morgan fingerprint density at radius 3 is 2.56 bits per heavy atom. The number of ether oxygens (including phenoxy) is 1. The van der Waals surface area contributed by atoms with Crippen LogP contribution in [0, 0.1) is 0 Å². The summed E-state index contributed by atoms with van der Waals surface area (Å²) < 4.78 is 5.68. The maximum Gasteiger partial charge on any atom is 0.252 e. The van der Waals surface area contributed by atoms with Gasteiger partial charge in [0.1, 0.15) is 12.1 Å². The molecule has 1 aromatic rings. The topological polar surface area (TPSA) is 84.7 Å². The zero-order chi connectivity index (χ0) is 18.0. The van der Waals surface area contributed by atoms with Gasteiger partial charge in [0.15, 0.2) is 0 Å². The second kappa shape index (κ2) is 7.91. The molecular weight excluding hydrogens is 365 g/mol. The highest BCUT2D eigenvalue weighted by atomic mass is 35.5. The molecule has 0 saturated carbocycles. The minimum absolute atomic E-state index is 0.0718. The summed E-state index contributed by atoms with van der Waals surface area (Å²) in [6.07, 6.45) is 2.26. The van der Waals surface area contributed by atoms with Gasteiger partial charge in [-0.15, -0.1) is 0 Å². The average molecular weight is 386 g/mol. The lowest BCUT2D eigenvalue weighted by Gasteiger charge is -2.26. The predicted octanol–water partition coefficient (Wildman–Crippen LogP) is 2.43. The Morgan fingerprint density at radius 2 is 1.92 bits per heavy atom. The van der Waals surface area contributed by atoms with E-state index in [4.69, 9.17) is 33.7 Å². The fourth-order valence-corrected chi connectivity index (χ4v) is 3.93. The molecule has 1 aromatic carbocycles. The van der Waals surface area contributed by atoms with E-state index in [1.54, 1.807) is 23.1 Å². The molecule has 0 aliphatic carbocycles. The zero-order valence-electron chi connectivity index (χ0n) is 13.7. The van der Waals surface area contributed by atoms with Gasteiger partial charge in [0.05, 0.1) is 6.10 Å². The van der Waals surface area contributed by atoms with Gasteiger partial charge in [0.2, 0.25) is 5.91 Å². The van der Waals surface area contributed by atoms with Crippen molar-refractivity contribution >= 4 is 40.7 Å². The van der Waals surface area contributed by atoms with Crippen molar-refractivity contribution in [3.63, 3.8) is 0 Å². The molecule has 0 aromatic heterocycles. The number of likely N-dealkylation sites (tertiary alicyclic amines) is 1. The van der Waals surface area contributed by atoms with E-state index in [-0.39, 0.29) is 17.9 Å². The SMILES string of the molecule is NC[C@H]1CC[C@@H](C(=O)N2CCCC2C(=O)Nc2cc(Cl)cc(Cl)c2)O1. The fourth-order valence-electron chi connectivity index (χ4n) is 3.40. The molecule has 1 unspecified atom stereocenters. The maximum atomic E-state index is 12.7. The van der Waals surface area contributed by atoms with Crippen LogP contribution in [0.15, 0.2) is 18.2 Å². The number of benzene rings is 1. The molecule has 0 spiro atoms. The van der Waals surface area contributed by atoms with Crippen molar-refractivity contribution < 1.29 is 14.3 Å². The van der Waals surface area contributed by atoms with Crippen molar-refractivity contribution in [2.45, 2.75) is 43.9 Å². The van der Waals surface area contributed by atoms with Crippen LogP contribution in [-0.4, -0.2) is 48.1 Å². The van der Waals surface area contributed by atoms with Crippen molar-refractivity contribution in [2.24, 2.45) is 5.73 Å². The zero-order valence-corrected chi connectivity index (χ0v) is 15.2. The normalized spacial score (nSPS) is 26.0. The third-order valence-corrected chi connectivity index (χ3v) is 5.05. The number of carbonyl (C=O) groups excluding carboxylic acids is 2. The van der Waals surface area contributed by atoms with E-state index in [0.717, 1.165) is 12.8 Å². The van der Waals surface area contributed by atoms with Crippen molar-refractivity contribution in [1.29, 1.82) is 0 Å². The van der Waals surface area contributed by atoms with Gasteiger partial charge >= 0.3 is 0 Å². The van der Waals surface area contributed by atoms with Gasteiger partial charge in [-0.05, 0) is 43.9 Å². The van der Waals surface area contributed by atoms with Gasteiger partial charge in [-0.3, -0.25) is 9.59 Å². The van der Waals surface area contributed by atoms with E-state index in [2.05, 4.69) is 5.32 Å². The first-order valence-electron chi connectivity index (χ1n) is 8.41. The van der Waals surface area contributed by atoms with E-state index in [1.807, 2.05) is 0 Å². The summed E-state index contributed by atoms with van der Waals surface area (Å²) in [5, 5.41) is 3.68. The Hall–Kier alpha value is -1.34. The summed E-state index contributed by atoms with van der Waals surface area (Å²) in [6, 6.07) is 4.33. The van der Waals surface area contributed by atoms with E-state index < -0.39 is 12.1 Å². The molecule has 3 N–H and O–H groups in total. The molecule has 25 heavy (non-hydrogen) atoms. The first-order valence-corrected chi connectivity index (χ1v) is 9.16. The number of amides is 2. The second-order valence-corrected chi connectivity index (χ2v) is 7.27. The number of nitrogens with two attached hydrogens (primary N) is 1. The van der Waals surface area contributed by atoms with E-state index >= 15 is 0 Å². The molecule has 3 atom stereocenters. The van der Waals surface area contributed by atoms with Crippen LogP contribution in [0.3, 0.4) is 0 Å². The number of hydrogen-bond donors (Lipinski definition) is 2. The second-order valence-electron chi connectivity index (χ2n) is 6.40. The average Bonchev–Trinajstić information content (AvgIpc) is 3.22. The summed E-state index contributed by atoms with van der Waals surface area (Å²) in [4.78, 5) is 27.0. The van der Waals surface area contributed by atoms with Crippen LogP contribution in [0.5, 0.6) is 0 Å². The monoisotopic (exact) mass is 385 g/mol. The quantitative estimate of drug-likeness (QED) is 0.833. The number of rotatable bonds is 4. The Kier molecular flexibility index (Phi) is 5.84. The van der Waals surface area contributed by atoms with Gasteiger partial charge < -0.3 is 20.7 Å². The third-order valence-electron chi connectivity index (χ3n) is 4.61. The molecule has 0 bridgehead atoms. The molecule has 3 rings (SSSR count). The first kappa shape index (κ1) is 18.5. The van der Waals surface area contributed by atoms with Crippen LogP contribution in [0.2, 0.25) is 10.0 Å². The summed E-state index contributed by atoms with van der Waals surface area (Å²) in [5.41, 5.74) is 6.12. The number of nitrogens with one attached hydrogen (secondary N) is 1. The molecule has 2 amide bonds. The number of anilines is 1. The van der Waals surface area contributed by atoms with Crippen molar-refractivity contribution in [1.82, 2.24) is 4.90 Å². The minimum atomic E-state index is -0.509. The van der Waals surface area contributed by atoms with Gasteiger partial charge in [0, 0.05) is 28.8 Å². The van der Waals surface area contributed by atoms with Crippen molar-refractivity contribution in [3.8, 4) is 0 Å². The Morgan fingerprint density at radius 1 is 1.20 bits per heavy atom. The molecule has 136 valence electrons. The lowest BCUT2D eigenvalue weighted by molar-refractivity contribution is -0.146. The van der Waals surface area contributed by atoms with Crippen LogP contribution in [-0.2, 0) is 14.3 Å². The van der Waals surface area contributed by atoms with Crippen LogP contribution in [0.4, 0.5) is 5.69 Å². The summed E-state index contributed by atoms with van der Waals surface area (Å²) in [7, 11) is 0. The Labute approximate surface area is 156 Å². The molecule has 6 nitrogen and oxygen atoms in total. The van der Waals surface area contributed by atoms with Crippen LogP contribution in [0.1, 0.15) is 25.7 Å². The smallest absolute Gasteiger partial charge is 0.252 e. The van der Waals surface area contributed by atoms with Crippen LogP contribution in [0.25, 0.3) is 0 Å². The molecule has 0 radical (unpaired) electrons. The lowest BCUT2D eigenvalue weighted by Crippen LogP contribution is -2.47. The van der Waals surface area contributed by atoms with Crippen LogP contribution < -0.4 is 11.1 Å². The highest BCUT2D eigenvalue weighted by molar-refractivity contribution is 6.35. The Bertz CT molecular complexity index is 650. The van der Waals surface area contributed by atoms with Gasteiger partial charge in [0.25, 0.3) is 5.91 Å². The molecule has 2 saturated heterocycles. The highest BCUT2D eigenvalue weighted by Gasteiger charge is 2.40. The summed E-state index contributed by atoms with van der Waals surface area (Å²) >= 11 is 11.9. The highest BCUT2D eigenvalue weighted by Crippen LogP contribution is 2.27. The van der Waals surface area contributed by atoms with Crippen molar-refractivity contribution in [3.05, 3.63) is 28.2 Å². The number of halogens is 2. The molecule has 2 aliphatic rings.